The molecule has 154 valence electrons. The number of benzene rings is 1. The van der Waals surface area contributed by atoms with Crippen LogP contribution in [0.15, 0.2) is 54.9 Å². The number of nitrogens with zero attached hydrogens (tertiary/aromatic N) is 3. The van der Waals surface area contributed by atoms with Gasteiger partial charge in [-0.15, -0.1) is 0 Å². The van der Waals surface area contributed by atoms with Crippen molar-refractivity contribution in [2.75, 3.05) is 18.4 Å². The maximum atomic E-state index is 12.4. The van der Waals surface area contributed by atoms with Crippen LogP contribution >= 0.6 is 0 Å². The van der Waals surface area contributed by atoms with Gasteiger partial charge in [-0.3, -0.25) is 4.79 Å². The molecule has 1 amide bonds. The van der Waals surface area contributed by atoms with Gasteiger partial charge in [0.05, 0.1) is 11.3 Å². The number of aromatic nitrogens is 3. The predicted molar refractivity (Wildman–Crippen MR) is 115 cm³/mol. The number of carbonyl (C=O) groups is 1. The van der Waals surface area contributed by atoms with E-state index in [0.29, 0.717) is 11.6 Å². The van der Waals surface area contributed by atoms with Crippen molar-refractivity contribution in [3.8, 4) is 22.9 Å². The molecule has 7 heteroatoms. The number of nitrogens with one attached hydrogen (secondary N) is 2. The third kappa shape index (κ3) is 4.80. The van der Waals surface area contributed by atoms with E-state index in [9.17, 15) is 4.79 Å². The standard InChI is InChI=1S/C23H25N5O2/c1-2-21-25-15-11-20(28-21)19-4-3-12-26-23(19)30-18-7-5-17(6-8-18)27-22(29)16-9-13-24-14-10-16/h3-8,11-12,15-16,24H,2,9-10,13-14H2,1H3,(H,27,29). The number of aryl methyl sites for hydroxylation is 1. The summed E-state index contributed by atoms with van der Waals surface area (Å²) in [6, 6.07) is 13.0. The maximum Gasteiger partial charge on any atom is 0.228 e. The summed E-state index contributed by atoms with van der Waals surface area (Å²) in [5.74, 6) is 2.03. The lowest BCUT2D eigenvalue weighted by atomic mass is 9.97. The van der Waals surface area contributed by atoms with Crippen LogP contribution in [-0.2, 0) is 11.2 Å². The number of anilines is 1. The van der Waals surface area contributed by atoms with Crippen LogP contribution in [0.25, 0.3) is 11.3 Å². The van der Waals surface area contributed by atoms with Crippen LogP contribution in [0, 0.1) is 5.92 Å². The van der Waals surface area contributed by atoms with E-state index in [1.807, 2.05) is 49.4 Å². The summed E-state index contributed by atoms with van der Waals surface area (Å²) >= 11 is 0. The van der Waals surface area contributed by atoms with Crippen molar-refractivity contribution < 1.29 is 9.53 Å². The Bertz CT molecular complexity index is 1000. The fourth-order valence-electron chi connectivity index (χ4n) is 3.43. The number of hydrogen-bond acceptors (Lipinski definition) is 6. The molecule has 0 saturated carbocycles. The Morgan fingerprint density at radius 1 is 1.10 bits per heavy atom. The molecule has 1 fully saturated rings. The molecule has 2 aromatic heterocycles. The molecule has 1 aliphatic rings. The summed E-state index contributed by atoms with van der Waals surface area (Å²) in [7, 11) is 0. The first-order valence-corrected chi connectivity index (χ1v) is 10.3. The lowest BCUT2D eigenvalue weighted by molar-refractivity contribution is -0.120. The van der Waals surface area contributed by atoms with Gasteiger partial charge < -0.3 is 15.4 Å². The number of hydrogen-bond donors (Lipinski definition) is 2. The molecule has 3 aromatic rings. The molecule has 1 aliphatic heterocycles. The van der Waals surface area contributed by atoms with Crippen molar-refractivity contribution in [1.29, 1.82) is 0 Å². The summed E-state index contributed by atoms with van der Waals surface area (Å²) < 4.78 is 6.02. The highest BCUT2D eigenvalue weighted by Gasteiger charge is 2.20. The lowest BCUT2D eigenvalue weighted by Crippen LogP contribution is -2.34. The van der Waals surface area contributed by atoms with Gasteiger partial charge >= 0.3 is 0 Å². The van der Waals surface area contributed by atoms with Crippen LogP contribution in [0.2, 0.25) is 0 Å². The first kappa shape index (κ1) is 20.0. The average molecular weight is 403 g/mol. The van der Waals surface area contributed by atoms with Crippen molar-refractivity contribution >= 4 is 11.6 Å². The van der Waals surface area contributed by atoms with Crippen LogP contribution in [0.3, 0.4) is 0 Å². The number of piperidine rings is 1. The minimum Gasteiger partial charge on any atom is -0.438 e. The highest BCUT2D eigenvalue weighted by atomic mass is 16.5. The Morgan fingerprint density at radius 3 is 2.67 bits per heavy atom. The Hall–Kier alpha value is -3.32. The SMILES string of the molecule is CCc1nccc(-c2cccnc2Oc2ccc(NC(=O)C3CCNCC3)cc2)n1. The van der Waals surface area contributed by atoms with E-state index >= 15 is 0 Å². The molecule has 7 nitrogen and oxygen atoms in total. The van der Waals surface area contributed by atoms with Gasteiger partial charge in [-0.2, -0.15) is 0 Å². The number of rotatable bonds is 6. The molecule has 0 spiro atoms. The number of carbonyl (C=O) groups excluding carboxylic acids is 1. The molecule has 0 aliphatic carbocycles. The maximum absolute atomic E-state index is 12.4. The molecular weight excluding hydrogens is 378 g/mol. The van der Waals surface area contributed by atoms with Gasteiger partial charge in [0.2, 0.25) is 11.8 Å². The van der Waals surface area contributed by atoms with E-state index in [1.54, 1.807) is 12.4 Å². The molecule has 4 rings (SSSR count). The molecular formula is C23H25N5O2. The van der Waals surface area contributed by atoms with Gasteiger partial charge in [0.1, 0.15) is 11.6 Å². The Labute approximate surface area is 175 Å². The Morgan fingerprint density at radius 2 is 1.90 bits per heavy atom. The van der Waals surface area contributed by atoms with E-state index in [1.165, 1.54) is 0 Å². The van der Waals surface area contributed by atoms with Gasteiger partial charge in [-0.1, -0.05) is 6.92 Å². The zero-order chi connectivity index (χ0) is 20.8. The Kier molecular flexibility index (Phi) is 6.29. The second-order valence-corrected chi connectivity index (χ2v) is 7.21. The molecule has 3 heterocycles. The normalized spacial score (nSPS) is 14.3. The van der Waals surface area contributed by atoms with E-state index in [2.05, 4.69) is 25.6 Å². The molecule has 0 atom stereocenters. The fourth-order valence-corrected chi connectivity index (χ4v) is 3.43. The van der Waals surface area contributed by atoms with Crippen molar-refractivity contribution in [3.63, 3.8) is 0 Å². The molecule has 1 saturated heterocycles. The summed E-state index contributed by atoms with van der Waals surface area (Å²) in [6.07, 6.45) is 5.94. The number of amides is 1. The molecule has 2 N–H and O–H groups in total. The monoisotopic (exact) mass is 403 g/mol. The van der Waals surface area contributed by atoms with Crippen molar-refractivity contribution in [3.05, 3.63) is 60.7 Å². The minimum absolute atomic E-state index is 0.0686. The predicted octanol–water partition coefficient (Wildman–Crippen LogP) is 3.83. The van der Waals surface area contributed by atoms with Crippen LogP contribution in [0.1, 0.15) is 25.6 Å². The van der Waals surface area contributed by atoms with Gasteiger partial charge in [0, 0.05) is 30.4 Å². The topological polar surface area (TPSA) is 89.0 Å². The van der Waals surface area contributed by atoms with Crippen LogP contribution in [-0.4, -0.2) is 33.9 Å². The van der Waals surface area contributed by atoms with Crippen molar-refractivity contribution in [2.45, 2.75) is 26.2 Å². The zero-order valence-corrected chi connectivity index (χ0v) is 17.0. The van der Waals surface area contributed by atoms with E-state index in [4.69, 9.17) is 4.74 Å². The first-order valence-electron chi connectivity index (χ1n) is 10.3. The summed E-state index contributed by atoms with van der Waals surface area (Å²) in [4.78, 5) is 25.6. The second kappa shape index (κ2) is 9.45. The Balaban J connectivity index is 1.47. The third-order valence-corrected chi connectivity index (χ3v) is 5.12. The van der Waals surface area contributed by atoms with Crippen molar-refractivity contribution in [2.24, 2.45) is 5.92 Å². The van der Waals surface area contributed by atoms with Crippen molar-refractivity contribution in [1.82, 2.24) is 20.3 Å². The summed E-state index contributed by atoms with van der Waals surface area (Å²) in [6.45, 7) is 3.80. The summed E-state index contributed by atoms with van der Waals surface area (Å²) in [5, 5.41) is 6.27. The van der Waals surface area contributed by atoms with E-state index in [-0.39, 0.29) is 11.8 Å². The van der Waals surface area contributed by atoms with Gasteiger partial charge in [-0.25, -0.2) is 15.0 Å². The third-order valence-electron chi connectivity index (χ3n) is 5.12. The molecule has 0 radical (unpaired) electrons. The average Bonchev–Trinajstić information content (AvgIpc) is 2.81. The van der Waals surface area contributed by atoms with E-state index in [0.717, 1.165) is 55.1 Å². The summed E-state index contributed by atoms with van der Waals surface area (Å²) in [5.41, 5.74) is 2.34. The molecule has 30 heavy (non-hydrogen) atoms. The van der Waals surface area contributed by atoms with Gasteiger partial charge in [0.25, 0.3) is 0 Å². The zero-order valence-electron chi connectivity index (χ0n) is 17.0. The number of pyridine rings is 1. The molecule has 1 aromatic carbocycles. The smallest absolute Gasteiger partial charge is 0.228 e. The highest BCUT2D eigenvalue weighted by molar-refractivity contribution is 5.92. The second-order valence-electron chi connectivity index (χ2n) is 7.21. The van der Waals surface area contributed by atoms with Gasteiger partial charge in [0.15, 0.2) is 0 Å². The van der Waals surface area contributed by atoms with Crippen LogP contribution < -0.4 is 15.4 Å². The highest BCUT2D eigenvalue weighted by Crippen LogP contribution is 2.30. The quantitative estimate of drug-likeness (QED) is 0.650. The minimum atomic E-state index is 0.0686. The van der Waals surface area contributed by atoms with Crippen LogP contribution in [0.5, 0.6) is 11.6 Å². The van der Waals surface area contributed by atoms with E-state index < -0.39 is 0 Å². The van der Waals surface area contributed by atoms with Crippen LogP contribution in [0.4, 0.5) is 5.69 Å². The molecule has 0 bridgehead atoms. The fraction of sp³-hybridized carbons (Fsp3) is 0.304. The van der Waals surface area contributed by atoms with Gasteiger partial charge in [-0.05, 0) is 68.4 Å². The number of ether oxygens (including phenoxy) is 1. The first-order chi connectivity index (χ1) is 14.7. The molecule has 0 unspecified atom stereocenters. The lowest BCUT2D eigenvalue weighted by Gasteiger charge is -2.21. The largest absolute Gasteiger partial charge is 0.438 e.